The van der Waals surface area contributed by atoms with E-state index in [4.69, 9.17) is 5.26 Å². The summed E-state index contributed by atoms with van der Waals surface area (Å²) in [4.78, 5) is 15.5. The van der Waals surface area contributed by atoms with Gasteiger partial charge >= 0.3 is 0 Å². The van der Waals surface area contributed by atoms with E-state index in [1.165, 1.54) is 11.0 Å². The molecule has 1 amide bonds. The highest BCUT2D eigenvalue weighted by Crippen LogP contribution is 2.09. The van der Waals surface area contributed by atoms with Crippen LogP contribution < -0.4 is 0 Å². The molecule has 0 atom stereocenters. The molecule has 0 bridgehead atoms. The predicted octanol–water partition coefficient (Wildman–Crippen LogP) is 2.41. The largest absolute Gasteiger partial charge is 0.336 e. The Kier molecular flexibility index (Phi) is 4.34. The summed E-state index contributed by atoms with van der Waals surface area (Å²) in [6.07, 6.45) is 1.46. The second-order valence-electron chi connectivity index (χ2n) is 5.32. The minimum Gasteiger partial charge on any atom is -0.336 e. The summed E-state index contributed by atoms with van der Waals surface area (Å²) in [6, 6.07) is 18.6. The van der Waals surface area contributed by atoms with E-state index < -0.39 is 0 Å². The molecule has 0 saturated heterocycles. The first-order valence-corrected chi connectivity index (χ1v) is 7.39. The first-order valence-electron chi connectivity index (χ1n) is 7.39. The standard InChI is InChI=1S/C18H15N5O/c1-22(13-15-9-7-14(11-19)8-10-15)18(24)17-12-20-23(21-17)16-5-3-2-4-6-16/h2-10,12H,13H2,1H3. The van der Waals surface area contributed by atoms with Crippen molar-refractivity contribution < 1.29 is 4.79 Å². The molecule has 6 nitrogen and oxygen atoms in total. The van der Waals surface area contributed by atoms with Crippen molar-refractivity contribution in [3.05, 3.63) is 77.6 Å². The van der Waals surface area contributed by atoms with Crippen LogP contribution in [0.4, 0.5) is 0 Å². The molecule has 0 aliphatic heterocycles. The lowest BCUT2D eigenvalue weighted by atomic mass is 10.1. The monoisotopic (exact) mass is 317 g/mol. The molecule has 0 radical (unpaired) electrons. The highest BCUT2D eigenvalue weighted by atomic mass is 16.2. The predicted molar refractivity (Wildman–Crippen MR) is 88.3 cm³/mol. The number of nitrogens with zero attached hydrogens (tertiary/aromatic N) is 5. The third-order valence-corrected chi connectivity index (χ3v) is 3.55. The van der Waals surface area contributed by atoms with Gasteiger partial charge < -0.3 is 4.90 Å². The molecule has 0 spiro atoms. The van der Waals surface area contributed by atoms with E-state index in [0.717, 1.165) is 11.3 Å². The van der Waals surface area contributed by atoms with Crippen LogP contribution in [0.25, 0.3) is 5.69 Å². The summed E-state index contributed by atoms with van der Waals surface area (Å²) in [5, 5.41) is 17.2. The Labute approximate surface area is 139 Å². The zero-order valence-electron chi connectivity index (χ0n) is 13.1. The van der Waals surface area contributed by atoms with Crippen LogP contribution in [0.5, 0.6) is 0 Å². The molecule has 0 N–H and O–H groups in total. The average molecular weight is 317 g/mol. The fraction of sp³-hybridized carbons (Fsp3) is 0.111. The number of hydrogen-bond donors (Lipinski definition) is 0. The van der Waals surface area contributed by atoms with Crippen molar-refractivity contribution in [3.8, 4) is 11.8 Å². The number of hydrogen-bond acceptors (Lipinski definition) is 4. The lowest BCUT2D eigenvalue weighted by Crippen LogP contribution is -2.26. The first kappa shape index (κ1) is 15.4. The Morgan fingerprint density at radius 1 is 1.17 bits per heavy atom. The smallest absolute Gasteiger partial charge is 0.276 e. The van der Waals surface area contributed by atoms with E-state index in [1.54, 1.807) is 24.1 Å². The van der Waals surface area contributed by atoms with E-state index in [9.17, 15) is 4.79 Å². The minimum absolute atomic E-state index is 0.207. The van der Waals surface area contributed by atoms with E-state index in [1.807, 2.05) is 42.5 Å². The minimum atomic E-state index is -0.207. The number of carbonyl (C=O) groups excluding carboxylic acids is 1. The SMILES string of the molecule is CN(Cc1ccc(C#N)cc1)C(=O)c1cnn(-c2ccccc2)n1. The normalized spacial score (nSPS) is 10.2. The van der Waals surface area contributed by atoms with E-state index >= 15 is 0 Å². The Bertz CT molecular complexity index is 878. The fourth-order valence-electron chi connectivity index (χ4n) is 2.27. The van der Waals surface area contributed by atoms with Crippen LogP contribution >= 0.6 is 0 Å². The van der Waals surface area contributed by atoms with Crippen molar-refractivity contribution in [2.75, 3.05) is 7.05 Å². The maximum absolute atomic E-state index is 12.5. The van der Waals surface area contributed by atoms with Crippen LogP contribution in [0.1, 0.15) is 21.6 Å². The first-order chi connectivity index (χ1) is 11.7. The molecule has 118 valence electrons. The Morgan fingerprint density at radius 3 is 2.54 bits per heavy atom. The third kappa shape index (κ3) is 3.31. The highest BCUT2D eigenvalue weighted by molar-refractivity contribution is 5.91. The molecular weight excluding hydrogens is 302 g/mol. The zero-order valence-corrected chi connectivity index (χ0v) is 13.1. The topological polar surface area (TPSA) is 74.8 Å². The number of amides is 1. The van der Waals surface area contributed by atoms with Gasteiger partial charge in [0.1, 0.15) is 0 Å². The van der Waals surface area contributed by atoms with Crippen LogP contribution in [0, 0.1) is 11.3 Å². The van der Waals surface area contributed by atoms with Crippen molar-refractivity contribution in [1.29, 1.82) is 5.26 Å². The molecule has 0 fully saturated rings. The molecule has 1 aromatic heterocycles. The number of para-hydroxylation sites is 1. The lowest BCUT2D eigenvalue weighted by molar-refractivity contribution is 0.0779. The van der Waals surface area contributed by atoms with Crippen molar-refractivity contribution in [2.45, 2.75) is 6.54 Å². The van der Waals surface area contributed by atoms with Gasteiger partial charge in [-0.3, -0.25) is 4.79 Å². The summed E-state index contributed by atoms with van der Waals surface area (Å²) < 4.78 is 0. The number of aromatic nitrogens is 3. The maximum Gasteiger partial charge on any atom is 0.276 e. The van der Waals surface area contributed by atoms with Crippen molar-refractivity contribution in [3.63, 3.8) is 0 Å². The number of benzene rings is 2. The second kappa shape index (κ2) is 6.75. The Balaban J connectivity index is 1.71. The molecule has 0 aliphatic rings. The second-order valence-corrected chi connectivity index (χ2v) is 5.32. The Morgan fingerprint density at radius 2 is 1.88 bits per heavy atom. The van der Waals surface area contributed by atoms with Crippen LogP contribution in [-0.2, 0) is 6.54 Å². The van der Waals surface area contributed by atoms with Gasteiger partial charge in [0.2, 0.25) is 0 Å². The summed E-state index contributed by atoms with van der Waals surface area (Å²) >= 11 is 0. The number of nitriles is 1. The van der Waals surface area contributed by atoms with Gasteiger partial charge in [-0.25, -0.2) is 0 Å². The Hall–Kier alpha value is -3.46. The fourth-order valence-corrected chi connectivity index (χ4v) is 2.27. The lowest BCUT2D eigenvalue weighted by Gasteiger charge is -2.15. The van der Waals surface area contributed by atoms with E-state index in [0.29, 0.717) is 12.1 Å². The zero-order chi connectivity index (χ0) is 16.9. The molecule has 1 heterocycles. The number of rotatable bonds is 4. The molecular formula is C18H15N5O. The molecule has 0 unspecified atom stereocenters. The summed E-state index contributed by atoms with van der Waals surface area (Å²) in [5.74, 6) is -0.207. The van der Waals surface area contributed by atoms with Gasteiger partial charge in [0.25, 0.3) is 5.91 Å². The van der Waals surface area contributed by atoms with Crippen molar-refractivity contribution in [2.24, 2.45) is 0 Å². The van der Waals surface area contributed by atoms with Gasteiger partial charge in [0.05, 0.1) is 23.5 Å². The van der Waals surface area contributed by atoms with Gasteiger partial charge in [-0.05, 0) is 29.8 Å². The maximum atomic E-state index is 12.5. The van der Waals surface area contributed by atoms with E-state index in [-0.39, 0.29) is 11.6 Å². The molecule has 3 aromatic rings. The summed E-state index contributed by atoms with van der Waals surface area (Å²) in [5.41, 5.74) is 2.63. The van der Waals surface area contributed by atoms with Crippen LogP contribution in [0.15, 0.2) is 60.8 Å². The van der Waals surface area contributed by atoms with Crippen molar-refractivity contribution in [1.82, 2.24) is 19.9 Å². The summed E-state index contributed by atoms with van der Waals surface area (Å²) in [7, 11) is 1.71. The molecule has 0 aliphatic carbocycles. The van der Waals surface area contributed by atoms with Gasteiger partial charge in [0, 0.05) is 13.6 Å². The molecule has 2 aromatic carbocycles. The quantitative estimate of drug-likeness (QED) is 0.740. The van der Waals surface area contributed by atoms with Gasteiger partial charge in [-0.1, -0.05) is 30.3 Å². The molecule has 0 saturated carbocycles. The van der Waals surface area contributed by atoms with E-state index in [2.05, 4.69) is 16.3 Å². The number of carbonyl (C=O) groups is 1. The average Bonchev–Trinajstić information content (AvgIpc) is 3.12. The summed E-state index contributed by atoms with van der Waals surface area (Å²) in [6.45, 7) is 0.433. The van der Waals surface area contributed by atoms with Crippen LogP contribution in [0.3, 0.4) is 0 Å². The van der Waals surface area contributed by atoms with Gasteiger partial charge in [-0.2, -0.15) is 15.2 Å². The van der Waals surface area contributed by atoms with Gasteiger partial charge in [0.15, 0.2) is 5.69 Å². The molecule has 3 rings (SSSR count). The van der Waals surface area contributed by atoms with Crippen LogP contribution in [-0.4, -0.2) is 32.8 Å². The van der Waals surface area contributed by atoms with Gasteiger partial charge in [-0.15, -0.1) is 5.10 Å². The molecule has 24 heavy (non-hydrogen) atoms. The van der Waals surface area contributed by atoms with Crippen molar-refractivity contribution >= 4 is 5.91 Å². The molecule has 6 heteroatoms. The van der Waals surface area contributed by atoms with Crippen LogP contribution in [0.2, 0.25) is 0 Å². The highest BCUT2D eigenvalue weighted by Gasteiger charge is 2.16. The third-order valence-electron chi connectivity index (χ3n) is 3.55.